The predicted octanol–water partition coefficient (Wildman–Crippen LogP) is 14.9. The van der Waals surface area contributed by atoms with E-state index in [9.17, 15) is 6.85 Å². The second-order valence-electron chi connectivity index (χ2n) is 14.7. The molecule has 0 aliphatic heterocycles. The summed E-state index contributed by atoms with van der Waals surface area (Å²) in [4.78, 5) is 15.2. The summed E-state index contributed by atoms with van der Waals surface area (Å²) in [6, 6.07) is 38.2. The van der Waals surface area contributed by atoms with Gasteiger partial charge in [-0.1, -0.05) is 176 Å². The topological polar surface area (TPSA) is 56.7 Å². The molecule has 0 bridgehead atoms. The molecule has 0 saturated heterocycles. The summed E-state index contributed by atoms with van der Waals surface area (Å²) >= 11 is 0. The van der Waals surface area contributed by atoms with Crippen LogP contribution in [0.5, 0.6) is 0 Å². The average Bonchev–Trinajstić information content (AvgIpc) is 4.03. The lowest BCUT2D eigenvalue weighted by Gasteiger charge is -2.17. The maximum atomic E-state index is 9.86. The summed E-state index contributed by atoms with van der Waals surface area (Å²) < 4.78 is 117. The molecule has 9 aromatic carbocycles. The molecule has 0 fully saturated rings. The van der Waals surface area contributed by atoms with Gasteiger partial charge in [-0.05, 0) is 75.8 Å². The first-order valence-corrected chi connectivity index (χ1v) is 19.9. The van der Waals surface area contributed by atoms with E-state index >= 15 is 0 Å². The minimum atomic E-state index is -0.712. The van der Waals surface area contributed by atoms with Crippen molar-refractivity contribution in [2.75, 3.05) is 0 Å². The zero-order valence-electron chi connectivity index (χ0n) is 44.6. The zero-order chi connectivity index (χ0) is 51.4. The van der Waals surface area contributed by atoms with Gasteiger partial charge in [-0.25, -0.2) is 15.0 Å². The SMILES string of the molecule is [2H]c1c([2H])c([2H])c(-c2c([2H])c([2H])c3c(c2[2H])c2c([2H])c([2H])c([2H])c([2H])c2n3-c2cc(-c3cccc4oc5ccccc5c34)ccc2-c2nc(-c3ccccc3)nc(-c3ccc(-c4ccccc4)cc3)n2)c([2H])c1[2H]. The van der Waals surface area contributed by atoms with E-state index in [1.807, 2.05) is 133 Å². The highest BCUT2D eigenvalue weighted by Gasteiger charge is 2.22. The Morgan fingerprint density at radius 3 is 1.81 bits per heavy atom. The second-order valence-corrected chi connectivity index (χ2v) is 14.7. The van der Waals surface area contributed by atoms with E-state index in [0.717, 1.165) is 27.5 Å². The summed E-state index contributed by atoms with van der Waals surface area (Å²) in [7, 11) is 0. The number of rotatable bonds is 7. The van der Waals surface area contributed by atoms with E-state index in [0.29, 0.717) is 45.1 Å². The molecule has 0 unspecified atom stereocenters. The van der Waals surface area contributed by atoms with Gasteiger partial charge in [0.15, 0.2) is 17.5 Å². The lowest BCUT2D eigenvalue weighted by atomic mass is 9.97. The largest absolute Gasteiger partial charge is 0.456 e. The Balaban J connectivity index is 1.22. The number of nitrogens with zero attached hydrogens (tertiary/aromatic N) is 4. The molecule has 0 saturated carbocycles. The minimum absolute atomic E-state index is 0.143. The first-order chi connectivity index (χ1) is 35.7. The van der Waals surface area contributed by atoms with E-state index in [2.05, 4.69) is 0 Å². The molecule has 0 aliphatic rings. The predicted molar refractivity (Wildman–Crippen MR) is 254 cm³/mol. The van der Waals surface area contributed by atoms with Gasteiger partial charge in [-0.3, -0.25) is 0 Å². The van der Waals surface area contributed by atoms with Crippen LogP contribution in [0.1, 0.15) is 16.4 Å². The molecule has 5 nitrogen and oxygen atoms in total. The summed E-state index contributed by atoms with van der Waals surface area (Å²) in [5, 5.41) is 1.25. The molecule has 0 amide bonds. The summed E-state index contributed by atoms with van der Waals surface area (Å²) in [6.07, 6.45) is 0. The van der Waals surface area contributed by atoms with Crippen LogP contribution in [0, 0.1) is 0 Å². The van der Waals surface area contributed by atoms with Gasteiger partial charge >= 0.3 is 0 Å². The van der Waals surface area contributed by atoms with Gasteiger partial charge in [0, 0.05) is 38.2 Å². The van der Waals surface area contributed by atoms with Crippen LogP contribution in [0.3, 0.4) is 0 Å². The fourth-order valence-corrected chi connectivity index (χ4v) is 8.13. The van der Waals surface area contributed by atoms with E-state index in [-0.39, 0.29) is 33.3 Å². The number of para-hydroxylation sites is 2. The standard InChI is InChI=1S/C57H36N4O/c1-4-15-37(16-5-1)39-27-29-41(30-28-39)56-58-55(40-19-8-3-9-20-40)59-57(60-56)46-33-31-43(44-23-14-26-53-54(44)47-22-11-13-25-52(47)62-53)36-51(46)61-49-24-12-10-21-45(49)48-35-42(32-34-50(48)61)38-17-6-2-7-18-38/h1-36H/i2D,6D,7D,10D,12D,17D,18D,21D,24D,32D,34D,35D. The molecular formula is C57H36N4O. The fourth-order valence-electron chi connectivity index (χ4n) is 8.13. The molecule has 0 atom stereocenters. The highest BCUT2D eigenvalue weighted by Crippen LogP contribution is 2.42. The molecule has 3 aromatic heterocycles. The minimum Gasteiger partial charge on any atom is -0.456 e. The number of aromatic nitrogens is 4. The zero-order valence-corrected chi connectivity index (χ0v) is 32.6. The van der Waals surface area contributed by atoms with Crippen molar-refractivity contribution in [1.29, 1.82) is 0 Å². The lowest BCUT2D eigenvalue weighted by Crippen LogP contribution is -2.04. The van der Waals surface area contributed by atoms with Crippen LogP contribution in [0.4, 0.5) is 0 Å². The lowest BCUT2D eigenvalue weighted by molar-refractivity contribution is 0.669. The Hall–Kier alpha value is -8.41. The maximum Gasteiger partial charge on any atom is 0.166 e. The molecule has 62 heavy (non-hydrogen) atoms. The molecule has 290 valence electrons. The van der Waals surface area contributed by atoms with Crippen molar-refractivity contribution in [2.45, 2.75) is 0 Å². The Kier molecular flexibility index (Phi) is 5.99. The number of furan rings is 1. The Bertz CT molecular complexity index is 4300. The number of fused-ring (bicyclic) bond motifs is 6. The molecule has 3 heterocycles. The van der Waals surface area contributed by atoms with Crippen molar-refractivity contribution in [3.8, 4) is 73.2 Å². The van der Waals surface area contributed by atoms with Crippen LogP contribution in [0.25, 0.3) is 117 Å². The van der Waals surface area contributed by atoms with Gasteiger partial charge in [0.1, 0.15) is 11.2 Å². The van der Waals surface area contributed by atoms with E-state index in [1.165, 1.54) is 4.57 Å². The van der Waals surface area contributed by atoms with Crippen LogP contribution < -0.4 is 0 Å². The van der Waals surface area contributed by atoms with Crippen molar-refractivity contribution in [2.24, 2.45) is 0 Å². The van der Waals surface area contributed by atoms with Gasteiger partial charge in [-0.2, -0.15) is 0 Å². The van der Waals surface area contributed by atoms with Crippen LogP contribution in [0.15, 0.2) is 223 Å². The third kappa shape index (κ3) is 6.06. The molecule has 0 radical (unpaired) electrons. The van der Waals surface area contributed by atoms with Crippen molar-refractivity contribution in [3.63, 3.8) is 0 Å². The molecular weight excluding hydrogens is 757 g/mol. The monoisotopic (exact) mass is 804 g/mol. The second kappa shape index (κ2) is 14.7. The highest BCUT2D eigenvalue weighted by molar-refractivity contribution is 6.13. The summed E-state index contributed by atoms with van der Waals surface area (Å²) in [6.45, 7) is 0. The van der Waals surface area contributed by atoms with Crippen molar-refractivity contribution in [1.82, 2.24) is 19.5 Å². The Morgan fingerprint density at radius 2 is 1.00 bits per heavy atom. The van der Waals surface area contributed by atoms with E-state index < -0.39 is 83.6 Å². The van der Waals surface area contributed by atoms with E-state index in [4.69, 9.17) is 29.0 Å². The molecule has 0 aliphatic carbocycles. The first kappa shape index (κ1) is 25.3. The number of hydrogen-bond donors (Lipinski definition) is 0. The Morgan fingerprint density at radius 1 is 0.387 bits per heavy atom. The van der Waals surface area contributed by atoms with Gasteiger partial charge in [0.25, 0.3) is 0 Å². The molecule has 0 N–H and O–H groups in total. The van der Waals surface area contributed by atoms with Crippen LogP contribution in [0.2, 0.25) is 0 Å². The van der Waals surface area contributed by atoms with Gasteiger partial charge in [0.2, 0.25) is 0 Å². The Labute approximate surface area is 374 Å². The van der Waals surface area contributed by atoms with Gasteiger partial charge in [-0.15, -0.1) is 0 Å². The summed E-state index contributed by atoms with van der Waals surface area (Å²) in [5.74, 6) is 0.774. The molecule has 0 spiro atoms. The number of benzene rings is 9. The smallest absolute Gasteiger partial charge is 0.166 e. The third-order valence-corrected chi connectivity index (χ3v) is 11.0. The van der Waals surface area contributed by atoms with Gasteiger partial charge in [0.05, 0.1) is 33.2 Å². The fraction of sp³-hybridized carbons (Fsp3) is 0. The molecule has 12 aromatic rings. The first-order valence-electron chi connectivity index (χ1n) is 25.9. The van der Waals surface area contributed by atoms with Gasteiger partial charge < -0.3 is 8.98 Å². The molecule has 12 rings (SSSR count). The highest BCUT2D eigenvalue weighted by atomic mass is 16.3. The maximum absolute atomic E-state index is 9.86. The number of hydrogen-bond acceptors (Lipinski definition) is 4. The average molecular weight is 805 g/mol. The van der Waals surface area contributed by atoms with Crippen molar-refractivity contribution >= 4 is 43.7 Å². The molecule has 5 heteroatoms. The quantitative estimate of drug-likeness (QED) is 0.161. The van der Waals surface area contributed by atoms with Crippen molar-refractivity contribution in [3.05, 3.63) is 218 Å². The van der Waals surface area contributed by atoms with Crippen LogP contribution in [-0.4, -0.2) is 19.5 Å². The van der Waals surface area contributed by atoms with E-state index in [1.54, 1.807) is 12.1 Å². The normalized spacial score (nSPS) is 14.3. The van der Waals surface area contributed by atoms with Crippen molar-refractivity contribution < 1.29 is 20.9 Å². The van der Waals surface area contributed by atoms with Crippen LogP contribution in [-0.2, 0) is 0 Å². The van der Waals surface area contributed by atoms with Crippen LogP contribution >= 0.6 is 0 Å². The third-order valence-electron chi connectivity index (χ3n) is 11.0. The summed E-state index contributed by atoms with van der Waals surface area (Å²) in [5.41, 5.74) is 5.21.